The predicted molar refractivity (Wildman–Crippen MR) is 71.9 cm³/mol. The van der Waals surface area contributed by atoms with E-state index in [0.29, 0.717) is 16.5 Å². The standard InChI is InChI=1S/C13H16BrF2NO/c1-3-10(17)4-9-5-11(15)13(12(16)6-9)18-7-8(2)14/h5-6,10H,2-4,7,17H2,1H3. The zero-order chi connectivity index (χ0) is 13.7. The zero-order valence-electron chi connectivity index (χ0n) is 10.2. The number of benzene rings is 1. The largest absolute Gasteiger partial charge is 0.482 e. The van der Waals surface area contributed by atoms with Crippen LogP contribution in [0.5, 0.6) is 5.75 Å². The van der Waals surface area contributed by atoms with Crippen molar-refractivity contribution in [2.45, 2.75) is 25.8 Å². The lowest BCUT2D eigenvalue weighted by atomic mass is 10.0. The molecule has 1 unspecified atom stereocenters. The summed E-state index contributed by atoms with van der Waals surface area (Å²) < 4.78 is 32.8. The van der Waals surface area contributed by atoms with Gasteiger partial charge in [0.15, 0.2) is 17.4 Å². The molecule has 0 saturated heterocycles. The van der Waals surface area contributed by atoms with Gasteiger partial charge in [0.1, 0.15) is 6.61 Å². The predicted octanol–water partition coefficient (Wildman–Crippen LogP) is 3.53. The van der Waals surface area contributed by atoms with Crippen LogP contribution in [0, 0.1) is 11.6 Å². The molecular formula is C13H16BrF2NO. The number of ether oxygens (including phenoxy) is 1. The van der Waals surface area contributed by atoms with Crippen LogP contribution in [0.1, 0.15) is 18.9 Å². The Morgan fingerprint density at radius 1 is 1.44 bits per heavy atom. The second-order valence-electron chi connectivity index (χ2n) is 4.07. The first-order valence-corrected chi connectivity index (χ1v) is 6.43. The molecule has 0 fully saturated rings. The van der Waals surface area contributed by atoms with Crippen LogP contribution < -0.4 is 10.5 Å². The first kappa shape index (κ1) is 15.1. The Hall–Kier alpha value is -0.940. The molecule has 100 valence electrons. The summed E-state index contributed by atoms with van der Waals surface area (Å²) in [6.07, 6.45) is 1.20. The fraction of sp³-hybridized carbons (Fsp3) is 0.385. The van der Waals surface area contributed by atoms with Gasteiger partial charge in [-0.05, 0) is 30.5 Å². The topological polar surface area (TPSA) is 35.2 Å². The van der Waals surface area contributed by atoms with Crippen LogP contribution in [-0.4, -0.2) is 12.6 Å². The number of rotatable bonds is 6. The van der Waals surface area contributed by atoms with E-state index in [9.17, 15) is 8.78 Å². The number of halogens is 3. The lowest BCUT2D eigenvalue weighted by Gasteiger charge is -2.12. The molecule has 0 heterocycles. The summed E-state index contributed by atoms with van der Waals surface area (Å²) >= 11 is 3.06. The molecule has 0 radical (unpaired) electrons. The van der Waals surface area contributed by atoms with Crippen molar-refractivity contribution in [3.05, 3.63) is 40.4 Å². The van der Waals surface area contributed by atoms with Crippen molar-refractivity contribution < 1.29 is 13.5 Å². The molecule has 1 aromatic carbocycles. The van der Waals surface area contributed by atoms with E-state index >= 15 is 0 Å². The molecule has 1 atom stereocenters. The summed E-state index contributed by atoms with van der Waals surface area (Å²) in [5.41, 5.74) is 6.28. The molecule has 0 aliphatic rings. The van der Waals surface area contributed by atoms with Gasteiger partial charge in [0.2, 0.25) is 0 Å². The van der Waals surface area contributed by atoms with Crippen LogP contribution in [0.15, 0.2) is 23.2 Å². The van der Waals surface area contributed by atoms with Crippen molar-refractivity contribution in [3.63, 3.8) is 0 Å². The van der Waals surface area contributed by atoms with Gasteiger partial charge in [-0.25, -0.2) is 8.78 Å². The third-order valence-electron chi connectivity index (χ3n) is 2.45. The molecule has 0 aliphatic heterocycles. The van der Waals surface area contributed by atoms with Gasteiger partial charge in [-0.15, -0.1) is 0 Å². The Balaban J connectivity index is 2.86. The molecule has 0 aliphatic carbocycles. The number of hydrogen-bond acceptors (Lipinski definition) is 2. The Kier molecular flexibility index (Phi) is 5.75. The SMILES string of the molecule is C=C(Br)COc1c(F)cc(CC(N)CC)cc1F. The van der Waals surface area contributed by atoms with E-state index in [-0.39, 0.29) is 18.4 Å². The summed E-state index contributed by atoms with van der Waals surface area (Å²) in [5, 5.41) is 0. The molecular weight excluding hydrogens is 304 g/mol. The van der Waals surface area contributed by atoms with Gasteiger partial charge in [0.05, 0.1) is 0 Å². The zero-order valence-corrected chi connectivity index (χ0v) is 11.8. The van der Waals surface area contributed by atoms with Crippen molar-refractivity contribution in [3.8, 4) is 5.75 Å². The highest BCUT2D eigenvalue weighted by Gasteiger charge is 2.14. The summed E-state index contributed by atoms with van der Waals surface area (Å²) in [6, 6.07) is 2.41. The molecule has 0 spiro atoms. The highest BCUT2D eigenvalue weighted by atomic mass is 79.9. The third kappa shape index (κ3) is 4.38. The van der Waals surface area contributed by atoms with E-state index in [1.165, 1.54) is 12.1 Å². The second kappa shape index (κ2) is 6.85. The summed E-state index contributed by atoms with van der Waals surface area (Å²) in [5.74, 6) is -1.83. The van der Waals surface area contributed by atoms with Crippen LogP contribution in [-0.2, 0) is 6.42 Å². The van der Waals surface area contributed by atoms with Gasteiger partial charge in [0, 0.05) is 10.5 Å². The molecule has 0 saturated carbocycles. The van der Waals surface area contributed by atoms with Crippen molar-refractivity contribution in [2.24, 2.45) is 5.73 Å². The molecule has 1 rings (SSSR count). The minimum atomic E-state index is -0.720. The van der Waals surface area contributed by atoms with Crippen molar-refractivity contribution in [1.82, 2.24) is 0 Å². The Morgan fingerprint density at radius 2 is 2.00 bits per heavy atom. The normalized spacial score (nSPS) is 12.3. The van der Waals surface area contributed by atoms with Gasteiger partial charge < -0.3 is 10.5 Å². The maximum absolute atomic E-state index is 13.7. The van der Waals surface area contributed by atoms with Gasteiger partial charge in [0.25, 0.3) is 0 Å². The molecule has 2 nitrogen and oxygen atoms in total. The second-order valence-corrected chi connectivity index (χ2v) is 5.19. The van der Waals surface area contributed by atoms with Crippen LogP contribution in [0.25, 0.3) is 0 Å². The van der Waals surface area contributed by atoms with Crippen molar-refractivity contribution in [2.75, 3.05) is 6.61 Å². The molecule has 2 N–H and O–H groups in total. The first-order chi connectivity index (χ1) is 8.43. The van der Waals surface area contributed by atoms with Gasteiger partial charge in [-0.2, -0.15) is 0 Å². The minimum Gasteiger partial charge on any atom is -0.482 e. The van der Waals surface area contributed by atoms with E-state index in [4.69, 9.17) is 10.5 Å². The smallest absolute Gasteiger partial charge is 0.191 e. The summed E-state index contributed by atoms with van der Waals surface area (Å²) in [4.78, 5) is 0. The molecule has 5 heteroatoms. The number of nitrogens with two attached hydrogens (primary N) is 1. The summed E-state index contributed by atoms with van der Waals surface area (Å²) in [6.45, 7) is 5.47. The monoisotopic (exact) mass is 319 g/mol. The summed E-state index contributed by atoms with van der Waals surface area (Å²) in [7, 11) is 0. The highest BCUT2D eigenvalue weighted by Crippen LogP contribution is 2.24. The molecule has 1 aromatic rings. The van der Waals surface area contributed by atoms with E-state index in [1.807, 2.05) is 6.92 Å². The lowest BCUT2D eigenvalue weighted by Crippen LogP contribution is -2.21. The fourth-order valence-electron chi connectivity index (χ4n) is 1.47. The number of hydrogen-bond donors (Lipinski definition) is 1. The fourth-order valence-corrected chi connectivity index (χ4v) is 1.58. The van der Waals surface area contributed by atoms with Gasteiger partial charge in [-0.1, -0.05) is 29.4 Å². The van der Waals surface area contributed by atoms with E-state index < -0.39 is 11.6 Å². The molecule has 0 aromatic heterocycles. The minimum absolute atomic E-state index is 0.0155. The Labute approximate surface area is 114 Å². The maximum Gasteiger partial charge on any atom is 0.191 e. The van der Waals surface area contributed by atoms with Crippen LogP contribution in [0.3, 0.4) is 0 Å². The average molecular weight is 320 g/mol. The molecule has 0 amide bonds. The van der Waals surface area contributed by atoms with Crippen LogP contribution >= 0.6 is 15.9 Å². The van der Waals surface area contributed by atoms with Crippen molar-refractivity contribution in [1.29, 1.82) is 0 Å². The van der Waals surface area contributed by atoms with Crippen LogP contribution in [0.2, 0.25) is 0 Å². The Morgan fingerprint density at radius 3 is 2.44 bits per heavy atom. The van der Waals surface area contributed by atoms with Gasteiger partial charge >= 0.3 is 0 Å². The van der Waals surface area contributed by atoms with E-state index in [0.717, 1.165) is 6.42 Å². The van der Waals surface area contributed by atoms with E-state index in [1.54, 1.807) is 0 Å². The average Bonchev–Trinajstić information content (AvgIpc) is 2.27. The van der Waals surface area contributed by atoms with Crippen LogP contribution in [0.4, 0.5) is 8.78 Å². The quantitative estimate of drug-likeness (QED) is 0.870. The maximum atomic E-state index is 13.7. The van der Waals surface area contributed by atoms with E-state index in [2.05, 4.69) is 22.5 Å². The molecule has 0 bridgehead atoms. The Bertz CT molecular complexity index is 414. The van der Waals surface area contributed by atoms with Gasteiger partial charge in [-0.3, -0.25) is 0 Å². The highest BCUT2D eigenvalue weighted by molar-refractivity contribution is 9.11. The third-order valence-corrected chi connectivity index (χ3v) is 2.68. The lowest BCUT2D eigenvalue weighted by molar-refractivity contribution is 0.318. The van der Waals surface area contributed by atoms with Crippen molar-refractivity contribution >= 4 is 15.9 Å². The first-order valence-electron chi connectivity index (χ1n) is 5.63. The molecule has 18 heavy (non-hydrogen) atoms.